The van der Waals surface area contributed by atoms with E-state index in [0.29, 0.717) is 0 Å². The van der Waals surface area contributed by atoms with Gasteiger partial charge in [-0.05, 0) is 58.1 Å². The van der Waals surface area contributed by atoms with Crippen molar-refractivity contribution in [3.63, 3.8) is 0 Å². The summed E-state index contributed by atoms with van der Waals surface area (Å²) in [4.78, 5) is 0. The third kappa shape index (κ3) is 2.57. The monoisotopic (exact) mass is 262 g/mol. The number of hydrogen-bond acceptors (Lipinski definition) is 3. The minimum absolute atomic E-state index is 0.340. The molecule has 0 bridgehead atoms. The molecule has 104 valence electrons. The summed E-state index contributed by atoms with van der Waals surface area (Å²) >= 11 is 0. The Labute approximate surface area is 116 Å². The Hall–Kier alpha value is -0.835. The predicted molar refractivity (Wildman–Crippen MR) is 77.5 cm³/mol. The van der Waals surface area contributed by atoms with Gasteiger partial charge in [0.2, 0.25) is 0 Å². The molecule has 1 aromatic carbocycles. The first-order valence-electron chi connectivity index (χ1n) is 6.78. The normalized spacial score (nSPS) is 22.6. The van der Waals surface area contributed by atoms with Crippen LogP contribution in [-0.4, -0.2) is 23.4 Å². The van der Waals surface area contributed by atoms with E-state index in [1.807, 2.05) is 52.8 Å². The van der Waals surface area contributed by atoms with Crippen molar-refractivity contribution in [2.24, 2.45) is 0 Å². The Morgan fingerprint density at radius 3 is 2.11 bits per heavy atom. The van der Waals surface area contributed by atoms with E-state index in [1.54, 1.807) is 6.92 Å². The quantitative estimate of drug-likeness (QED) is 0.831. The molecule has 0 spiro atoms. The second-order valence-corrected chi connectivity index (χ2v) is 6.38. The maximum atomic E-state index is 9.80. The molecule has 0 amide bonds. The van der Waals surface area contributed by atoms with E-state index in [4.69, 9.17) is 9.31 Å². The fourth-order valence-electron chi connectivity index (χ4n) is 2.23. The van der Waals surface area contributed by atoms with Crippen LogP contribution < -0.4 is 5.46 Å². The number of aryl methyl sites for hydroxylation is 1. The summed E-state index contributed by atoms with van der Waals surface area (Å²) in [6.45, 7) is 11.9. The van der Waals surface area contributed by atoms with Gasteiger partial charge in [0.25, 0.3) is 0 Å². The number of benzene rings is 1. The standard InChI is InChI=1S/C15H23BO3/c1-10-7-8-12(9-13(10)11(2)17)16-18-14(3,4)15(5,6)19-16/h7-9,11,17H,1-6H3/t11-/m0/s1. The molecule has 3 nitrogen and oxygen atoms in total. The molecule has 0 unspecified atom stereocenters. The maximum absolute atomic E-state index is 9.80. The van der Waals surface area contributed by atoms with E-state index < -0.39 is 6.10 Å². The van der Waals surface area contributed by atoms with Crippen LogP contribution in [0.3, 0.4) is 0 Å². The van der Waals surface area contributed by atoms with Crippen molar-refractivity contribution in [3.05, 3.63) is 29.3 Å². The van der Waals surface area contributed by atoms with Gasteiger partial charge in [0.15, 0.2) is 0 Å². The highest BCUT2D eigenvalue weighted by Gasteiger charge is 2.51. The van der Waals surface area contributed by atoms with Crippen molar-refractivity contribution in [2.75, 3.05) is 0 Å². The minimum Gasteiger partial charge on any atom is -0.399 e. The number of aliphatic hydroxyl groups excluding tert-OH is 1. The Kier molecular flexibility index (Phi) is 3.54. The van der Waals surface area contributed by atoms with Gasteiger partial charge in [-0.1, -0.05) is 18.2 Å². The largest absolute Gasteiger partial charge is 0.494 e. The van der Waals surface area contributed by atoms with Crippen molar-refractivity contribution in [1.29, 1.82) is 0 Å². The van der Waals surface area contributed by atoms with Crippen molar-refractivity contribution < 1.29 is 14.4 Å². The molecule has 0 radical (unpaired) electrons. The lowest BCUT2D eigenvalue weighted by molar-refractivity contribution is 0.00578. The molecule has 1 fully saturated rings. The molecule has 1 atom stereocenters. The van der Waals surface area contributed by atoms with Gasteiger partial charge < -0.3 is 14.4 Å². The van der Waals surface area contributed by atoms with Gasteiger partial charge in [0.05, 0.1) is 17.3 Å². The second-order valence-electron chi connectivity index (χ2n) is 6.38. The van der Waals surface area contributed by atoms with Gasteiger partial charge in [-0.2, -0.15) is 0 Å². The van der Waals surface area contributed by atoms with Crippen LogP contribution in [0.2, 0.25) is 0 Å². The van der Waals surface area contributed by atoms with Crippen LogP contribution >= 0.6 is 0 Å². The zero-order chi connectivity index (χ0) is 14.4. The maximum Gasteiger partial charge on any atom is 0.494 e. The van der Waals surface area contributed by atoms with Crippen LogP contribution in [0.25, 0.3) is 0 Å². The van der Waals surface area contributed by atoms with Crippen molar-refractivity contribution in [1.82, 2.24) is 0 Å². The van der Waals surface area contributed by atoms with Crippen molar-refractivity contribution in [3.8, 4) is 0 Å². The molecule has 0 aromatic heterocycles. The molecule has 1 aliphatic heterocycles. The summed E-state index contributed by atoms with van der Waals surface area (Å²) in [5, 5.41) is 9.80. The van der Waals surface area contributed by atoms with E-state index >= 15 is 0 Å². The second kappa shape index (κ2) is 4.62. The van der Waals surface area contributed by atoms with E-state index in [9.17, 15) is 5.11 Å². The van der Waals surface area contributed by atoms with Gasteiger partial charge >= 0.3 is 7.12 Å². The summed E-state index contributed by atoms with van der Waals surface area (Å²) in [7, 11) is -0.372. The minimum atomic E-state index is -0.484. The lowest BCUT2D eigenvalue weighted by atomic mass is 9.77. The van der Waals surface area contributed by atoms with Crippen LogP contribution in [-0.2, 0) is 9.31 Å². The third-order valence-electron chi connectivity index (χ3n) is 4.28. The van der Waals surface area contributed by atoms with Crippen LogP contribution in [0, 0.1) is 6.92 Å². The highest BCUT2D eigenvalue weighted by molar-refractivity contribution is 6.62. The first-order valence-corrected chi connectivity index (χ1v) is 6.78. The van der Waals surface area contributed by atoms with Gasteiger partial charge in [-0.15, -0.1) is 0 Å². The zero-order valence-electron chi connectivity index (χ0n) is 12.7. The molecule has 2 rings (SSSR count). The van der Waals surface area contributed by atoms with Crippen molar-refractivity contribution in [2.45, 2.75) is 58.8 Å². The molecular formula is C15H23BO3. The smallest absolute Gasteiger partial charge is 0.399 e. The molecular weight excluding hydrogens is 239 g/mol. The molecule has 1 N–H and O–H groups in total. The molecule has 4 heteroatoms. The molecule has 1 aromatic rings. The van der Waals surface area contributed by atoms with E-state index in [-0.39, 0.29) is 18.3 Å². The first-order chi connectivity index (χ1) is 8.64. The Bertz CT molecular complexity index is 464. The van der Waals surface area contributed by atoms with Gasteiger partial charge in [-0.3, -0.25) is 0 Å². The molecule has 0 aliphatic carbocycles. The average molecular weight is 262 g/mol. The van der Waals surface area contributed by atoms with Crippen molar-refractivity contribution >= 4 is 12.6 Å². The Morgan fingerprint density at radius 1 is 1.11 bits per heavy atom. The first kappa shape index (κ1) is 14.6. The third-order valence-corrected chi connectivity index (χ3v) is 4.28. The van der Waals surface area contributed by atoms with Crippen LogP contribution in [0.1, 0.15) is 51.8 Å². The van der Waals surface area contributed by atoms with Crippen LogP contribution in [0.4, 0.5) is 0 Å². The Morgan fingerprint density at radius 2 is 1.63 bits per heavy atom. The topological polar surface area (TPSA) is 38.7 Å². The molecule has 1 heterocycles. The van der Waals surface area contributed by atoms with Crippen LogP contribution in [0.5, 0.6) is 0 Å². The predicted octanol–water partition coefficient (Wildman–Crippen LogP) is 2.35. The lowest BCUT2D eigenvalue weighted by Crippen LogP contribution is -2.41. The van der Waals surface area contributed by atoms with Gasteiger partial charge in [0.1, 0.15) is 0 Å². The molecule has 1 aliphatic rings. The highest BCUT2D eigenvalue weighted by Crippen LogP contribution is 2.36. The highest BCUT2D eigenvalue weighted by atomic mass is 16.7. The summed E-state index contributed by atoms with van der Waals surface area (Å²) in [6.07, 6.45) is -0.484. The van der Waals surface area contributed by atoms with E-state index in [2.05, 4.69) is 0 Å². The zero-order valence-corrected chi connectivity index (χ0v) is 12.7. The number of rotatable bonds is 2. The van der Waals surface area contributed by atoms with Gasteiger partial charge in [-0.25, -0.2) is 0 Å². The number of hydrogen-bond donors (Lipinski definition) is 1. The number of aliphatic hydroxyl groups is 1. The molecule has 19 heavy (non-hydrogen) atoms. The summed E-state index contributed by atoms with van der Waals surface area (Å²) in [6, 6.07) is 5.98. The molecule has 1 saturated heterocycles. The SMILES string of the molecule is Cc1ccc(B2OC(C)(C)C(C)(C)O2)cc1[C@H](C)O. The van der Waals surface area contributed by atoms with Crippen LogP contribution in [0.15, 0.2) is 18.2 Å². The lowest BCUT2D eigenvalue weighted by Gasteiger charge is -2.32. The molecule has 0 saturated carbocycles. The summed E-state index contributed by atoms with van der Waals surface area (Å²) in [5.74, 6) is 0. The average Bonchev–Trinajstić information content (AvgIpc) is 2.48. The summed E-state index contributed by atoms with van der Waals surface area (Å²) < 4.78 is 12.0. The van der Waals surface area contributed by atoms with E-state index in [1.165, 1.54) is 0 Å². The summed E-state index contributed by atoms with van der Waals surface area (Å²) in [5.41, 5.74) is 2.28. The van der Waals surface area contributed by atoms with Gasteiger partial charge in [0, 0.05) is 0 Å². The van der Waals surface area contributed by atoms with E-state index in [0.717, 1.165) is 16.6 Å². The Balaban J connectivity index is 2.32. The fraction of sp³-hybridized carbons (Fsp3) is 0.600. The fourth-order valence-corrected chi connectivity index (χ4v) is 2.23.